The van der Waals surface area contributed by atoms with Crippen LogP contribution >= 0.6 is 46.3 Å². The van der Waals surface area contributed by atoms with Crippen LogP contribution in [0.15, 0.2) is 52.2 Å². The van der Waals surface area contributed by atoms with Gasteiger partial charge in [0, 0.05) is 37.1 Å². The molecule has 2 aromatic carbocycles. The predicted octanol–water partition coefficient (Wildman–Crippen LogP) is 5.10. The Kier molecular flexibility index (Phi) is 8.84. The molecule has 176 valence electrons. The van der Waals surface area contributed by atoms with Gasteiger partial charge in [0.15, 0.2) is 4.34 Å². The highest BCUT2D eigenvalue weighted by atomic mass is 35.5. The minimum absolute atomic E-state index is 0.0506. The number of benzene rings is 2. The van der Waals surface area contributed by atoms with Crippen LogP contribution < -0.4 is 5.32 Å². The number of amides is 1. The van der Waals surface area contributed by atoms with E-state index in [0.717, 1.165) is 40.8 Å². The molecule has 1 atom stereocenters. The highest BCUT2D eigenvalue weighted by molar-refractivity contribution is 8.01. The predicted molar refractivity (Wildman–Crippen MR) is 137 cm³/mol. The molecule has 0 saturated carbocycles. The SMILES string of the molecule is N#Cc1ccc(-c2csc(SCC(=O)NC[C@H]3CN(Cc4ccc(Cl)c(Cl)c4)CCO3)n2)cc1. The van der Waals surface area contributed by atoms with Crippen LogP contribution in [0.25, 0.3) is 11.3 Å². The van der Waals surface area contributed by atoms with Crippen molar-refractivity contribution >= 4 is 52.2 Å². The van der Waals surface area contributed by atoms with E-state index in [2.05, 4.69) is 21.3 Å². The third-order valence-electron chi connectivity index (χ3n) is 5.26. The minimum Gasteiger partial charge on any atom is -0.374 e. The summed E-state index contributed by atoms with van der Waals surface area (Å²) in [6.07, 6.45) is -0.0617. The van der Waals surface area contributed by atoms with E-state index in [0.29, 0.717) is 34.5 Å². The van der Waals surface area contributed by atoms with Gasteiger partial charge in [-0.1, -0.05) is 53.2 Å². The number of aromatic nitrogens is 1. The summed E-state index contributed by atoms with van der Waals surface area (Å²) in [4.78, 5) is 19.2. The van der Waals surface area contributed by atoms with E-state index in [-0.39, 0.29) is 12.0 Å². The van der Waals surface area contributed by atoms with Gasteiger partial charge >= 0.3 is 0 Å². The van der Waals surface area contributed by atoms with Crippen molar-refractivity contribution in [2.45, 2.75) is 17.0 Å². The number of halogens is 2. The zero-order valence-electron chi connectivity index (χ0n) is 18.2. The van der Waals surface area contributed by atoms with Gasteiger partial charge in [-0.05, 0) is 29.8 Å². The Labute approximate surface area is 216 Å². The van der Waals surface area contributed by atoms with Crippen LogP contribution in [0.1, 0.15) is 11.1 Å². The summed E-state index contributed by atoms with van der Waals surface area (Å²) in [5, 5.41) is 15.0. The highest BCUT2D eigenvalue weighted by Crippen LogP contribution is 2.28. The fraction of sp³-hybridized carbons (Fsp3) is 0.292. The summed E-state index contributed by atoms with van der Waals surface area (Å²) in [6, 6.07) is 15.1. The van der Waals surface area contributed by atoms with Crippen LogP contribution in [-0.4, -0.2) is 53.9 Å². The average molecular weight is 534 g/mol. The highest BCUT2D eigenvalue weighted by Gasteiger charge is 2.21. The maximum Gasteiger partial charge on any atom is 0.230 e. The fourth-order valence-electron chi connectivity index (χ4n) is 3.52. The van der Waals surface area contributed by atoms with Crippen LogP contribution in [0.5, 0.6) is 0 Å². The Morgan fingerprint density at radius 1 is 1.26 bits per heavy atom. The second-order valence-corrected chi connectivity index (χ2v) is 10.7. The van der Waals surface area contributed by atoms with Gasteiger partial charge in [0.25, 0.3) is 0 Å². The number of hydrogen-bond donors (Lipinski definition) is 1. The van der Waals surface area contributed by atoms with Crippen LogP contribution in [-0.2, 0) is 16.1 Å². The molecular weight excluding hydrogens is 511 g/mol. The molecule has 1 aliphatic heterocycles. The summed E-state index contributed by atoms with van der Waals surface area (Å²) in [6.45, 7) is 3.39. The molecule has 3 aromatic rings. The number of nitrogens with zero attached hydrogens (tertiary/aromatic N) is 3. The molecule has 1 N–H and O–H groups in total. The lowest BCUT2D eigenvalue weighted by molar-refractivity contribution is -0.119. The number of rotatable bonds is 8. The van der Waals surface area contributed by atoms with Crippen LogP contribution in [0.2, 0.25) is 10.0 Å². The molecule has 1 aliphatic rings. The van der Waals surface area contributed by atoms with Crippen molar-refractivity contribution in [3.63, 3.8) is 0 Å². The first-order valence-corrected chi connectivity index (χ1v) is 13.3. The lowest BCUT2D eigenvalue weighted by atomic mass is 10.1. The zero-order valence-corrected chi connectivity index (χ0v) is 21.3. The molecular formula is C24H22Cl2N4O2S2. The molecule has 4 rings (SSSR count). The van der Waals surface area contributed by atoms with Crippen LogP contribution in [0.3, 0.4) is 0 Å². The number of thioether (sulfide) groups is 1. The van der Waals surface area contributed by atoms with Gasteiger partial charge in [-0.2, -0.15) is 5.26 Å². The van der Waals surface area contributed by atoms with Crippen molar-refractivity contribution in [3.05, 3.63) is 69.0 Å². The summed E-state index contributed by atoms with van der Waals surface area (Å²) in [5.74, 6) is 0.241. The van der Waals surface area contributed by atoms with Gasteiger partial charge in [-0.25, -0.2) is 4.98 Å². The summed E-state index contributed by atoms with van der Waals surface area (Å²) < 4.78 is 6.66. The van der Waals surface area contributed by atoms with Gasteiger partial charge in [-0.15, -0.1) is 11.3 Å². The molecule has 0 spiro atoms. The van der Waals surface area contributed by atoms with Gasteiger partial charge in [0.2, 0.25) is 5.91 Å². The Morgan fingerprint density at radius 3 is 2.85 bits per heavy atom. The first-order valence-electron chi connectivity index (χ1n) is 10.6. The summed E-state index contributed by atoms with van der Waals surface area (Å²) in [5.41, 5.74) is 3.51. The monoisotopic (exact) mass is 532 g/mol. The average Bonchev–Trinajstić information content (AvgIpc) is 3.33. The Hall–Kier alpha value is -2.12. The van der Waals surface area contributed by atoms with Gasteiger partial charge in [0.1, 0.15) is 0 Å². The van der Waals surface area contributed by atoms with Gasteiger partial charge in [-0.3, -0.25) is 9.69 Å². The molecule has 6 nitrogen and oxygen atoms in total. The Bertz CT molecular complexity index is 1180. The van der Waals surface area contributed by atoms with Crippen molar-refractivity contribution < 1.29 is 9.53 Å². The number of carbonyl (C=O) groups excluding carboxylic acids is 1. The number of nitriles is 1. The van der Waals surface area contributed by atoms with Gasteiger partial charge < -0.3 is 10.1 Å². The van der Waals surface area contributed by atoms with E-state index in [9.17, 15) is 4.79 Å². The molecule has 10 heteroatoms. The van der Waals surface area contributed by atoms with Crippen molar-refractivity contribution in [1.82, 2.24) is 15.2 Å². The second-order valence-electron chi connectivity index (χ2n) is 7.76. The zero-order chi connectivity index (χ0) is 23.9. The largest absolute Gasteiger partial charge is 0.374 e. The summed E-state index contributed by atoms with van der Waals surface area (Å²) in [7, 11) is 0. The lowest BCUT2D eigenvalue weighted by Crippen LogP contribution is -2.47. The topological polar surface area (TPSA) is 78.2 Å². The van der Waals surface area contributed by atoms with E-state index >= 15 is 0 Å². The third kappa shape index (κ3) is 6.95. The molecule has 2 heterocycles. The number of nitrogens with one attached hydrogen (secondary N) is 1. The lowest BCUT2D eigenvalue weighted by Gasteiger charge is -2.33. The fourth-order valence-corrected chi connectivity index (χ4v) is 5.51. The standard InChI is InChI=1S/C24H22Cl2N4O2S2/c25-20-6-3-17(9-21(20)26)12-30-7-8-32-19(13-30)11-28-23(31)15-34-24-29-22(14-33-24)18-4-1-16(10-27)2-5-18/h1-6,9,14,19H,7-8,11-13,15H2,(H,28,31)/t19-/m0/s1. The van der Waals surface area contributed by atoms with E-state index in [1.54, 1.807) is 12.1 Å². The van der Waals surface area contributed by atoms with Crippen molar-refractivity contribution in [2.24, 2.45) is 0 Å². The number of ether oxygens (including phenoxy) is 1. The number of hydrogen-bond acceptors (Lipinski definition) is 7. The molecule has 1 amide bonds. The van der Waals surface area contributed by atoms with E-state index in [1.807, 2.05) is 35.7 Å². The molecule has 0 aliphatic carbocycles. The summed E-state index contributed by atoms with van der Waals surface area (Å²) >= 11 is 15.0. The van der Waals surface area contributed by atoms with Crippen LogP contribution in [0, 0.1) is 11.3 Å². The maximum absolute atomic E-state index is 12.4. The first-order chi connectivity index (χ1) is 16.5. The molecule has 0 unspecified atom stereocenters. The molecule has 34 heavy (non-hydrogen) atoms. The molecule has 0 bridgehead atoms. The quantitative estimate of drug-likeness (QED) is 0.406. The normalized spacial score (nSPS) is 16.2. The van der Waals surface area contributed by atoms with Crippen molar-refractivity contribution in [2.75, 3.05) is 32.0 Å². The van der Waals surface area contributed by atoms with E-state index in [4.69, 9.17) is 33.2 Å². The number of carbonyl (C=O) groups is 1. The molecule has 1 aromatic heterocycles. The first kappa shape index (κ1) is 25.0. The Morgan fingerprint density at radius 2 is 2.09 bits per heavy atom. The third-order valence-corrected chi connectivity index (χ3v) is 8.02. The van der Waals surface area contributed by atoms with Gasteiger partial charge in [0.05, 0.1) is 45.8 Å². The number of thiazole rings is 1. The number of morpholine rings is 1. The molecule has 0 radical (unpaired) electrons. The molecule has 1 fully saturated rings. The molecule has 1 saturated heterocycles. The van der Waals surface area contributed by atoms with Crippen molar-refractivity contribution in [3.8, 4) is 17.3 Å². The van der Waals surface area contributed by atoms with E-state index in [1.165, 1.54) is 23.1 Å². The van der Waals surface area contributed by atoms with Crippen LogP contribution in [0.4, 0.5) is 0 Å². The maximum atomic E-state index is 12.4. The van der Waals surface area contributed by atoms with Crippen molar-refractivity contribution in [1.29, 1.82) is 5.26 Å². The minimum atomic E-state index is -0.0617. The second kappa shape index (κ2) is 12.0. The smallest absolute Gasteiger partial charge is 0.230 e. The van der Waals surface area contributed by atoms with E-state index < -0.39 is 0 Å². The Balaban J connectivity index is 1.20.